The van der Waals surface area contributed by atoms with Gasteiger partial charge in [-0.25, -0.2) is 4.68 Å². The van der Waals surface area contributed by atoms with Crippen LogP contribution in [0.25, 0.3) is 0 Å². The van der Waals surface area contributed by atoms with E-state index in [0.717, 1.165) is 24.2 Å². The lowest BCUT2D eigenvalue weighted by Gasteiger charge is -2.24. The molecule has 0 unspecified atom stereocenters. The quantitative estimate of drug-likeness (QED) is 0.845. The van der Waals surface area contributed by atoms with Crippen LogP contribution in [0.3, 0.4) is 0 Å². The molecule has 7 heteroatoms. The van der Waals surface area contributed by atoms with Crippen molar-refractivity contribution in [2.45, 2.75) is 31.8 Å². The first kappa shape index (κ1) is 15.0. The number of carbonyl (C=O) groups excluding carboxylic acids is 1. The Bertz CT molecular complexity index is 711. The van der Waals surface area contributed by atoms with Gasteiger partial charge in [-0.1, -0.05) is 5.21 Å². The third-order valence-corrected chi connectivity index (χ3v) is 3.94. The molecule has 0 radical (unpaired) electrons. The maximum absolute atomic E-state index is 11.8. The molecule has 3 rings (SSSR count). The van der Waals surface area contributed by atoms with E-state index in [2.05, 4.69) is 27.0 Å². The Labute approximate surface area is 134 Å². The number of amides is 1. The van der Waals surface area contributed by atoms with Crippen LogP contribution in [0.4, 0.5) is 5.69 Å². The summed E-state index contributed by atoms with van der Waals surface area (Å²) in [6.07, 6.45) is 5.46. The summed E-state index contributed by atoms with van der Waals surface area (Å²) < 4.78 is 1.89. The molecule has 0 aliphatic heterocycles. The number of nitrogens with one attached hydrogen (secondary N) is 2. The Balaban J connectivity index is 1.42. The summed E-state index contributed by atoms with van der Waals surface area (Å²) in [5.74, 6) is -0.118. The highest BCUT2D eigenvalue weighted by molar-refractivity contribution is 5.80. The Morgan fingerprint density at radius 2 is 2.13 bits per heavy atom. The third kappa shape index (κ3) is 3.86. The molecular formula is C16H18N6O. The number of aromatic nitrogens is 3. The van der Waals surface area contributed by atoms with Gasteiger partial charge in [-0.15, -0.1) is 5.10 Å². The van der Waals surface area contributed by atoms with Gasteiger partial charge in [-0.2, -0.15) is 5.26 Å². The second-order valence-corrected chi connectivity index (χ2v) is 5.59. The van der Waals surface area contributed by atoms with Crippen LogP contribution in [0, 0.1) is 11.3 Å². The minimum atomic E-state index is -0.118. The maximum Gasteiger partial charge on any atom is 0.239 e. The number of rotatable bonds is 6. The SMILES string of the molecule is N#Cc1ccc(NCC(=O)NCc2cn(C3CCC3)nn2)cc1. The van der Waals surface area contributed by atoms with Crippen LogP contribution >= 0.6 is 0 Å². The van der Waals surface area contributed by atoms with E-state index in [4.69, 9.17) is 5.26 Å². The highest BCUT2D eigenvalue weighted by Gasteiger charge is 2.20. The lowest BCUT2D eigenvalue weighted by molar-refractivity contribution is -0.119. The summed E-state index contributed by atoms with van der Waals surface area (Å²) in [7, 11) is 0. The molecule has 1 aromatic heterocycles. The molecule has 118 valence electrons. The average molecular weight is 310 g/mol. The van der Waals surface area contributed by atoms with Gasteiger partial charge < -0.3 is 10.6 Å². The smallest absolute Gasteiger partial charge is 0.239 e. The van der Waals surface area contributed by atoms with E-state index in [1.54, 1.807) is 24.3 Å². The van der Waals surface area contributed by atoms with Gasteiger partial charge in [-0.3, -0.25) is 4.79 Å². The summed E-state index contributed by atoms with van der Waals surface area (Å²) in [4.78, 5) is 11.8. The monoisotopic (exact) mass is 310 g/mol. The molecule has 2 aromatic rings. The van der Waals surface area contributed by atoms with E-state index in [9.17, 15) is 4.79 Å². The fourth-order valence-corrected chi connectivity index (χ4v) is 2.32. The van der Waals surface area contributed by atoms with Crippen molar-refractivity contribution in [3.05, 3.63) is 41.7 Å². The number of nitriles is 1. The first-order valence-electron chi connectivity index (χ1n) is 7.66. The van der Waals surface area contributed by atoms with Crippen molar-refractivity contribution in [1.29, 1.82) is 5.26 Å². The molecule has 1 aromatic carbocycles. The highest BCUT2D eigenvalue weighted by atomic mass is 16.1. The lowest BCUT2D eigenvalue weighted by atomic mass is 9.93. The van der Waals surface area contributed by atoms with E-state index >= 15 is 0 Å². The van der Waals surface area contributed by atoms with E-state index < -0.39 is 0 Å². The van der Waals surface area contributed by atoms with Gasteiger partial charge in [0.05, 0.1) is 37.0 Å². The van der Waals surface area contributed by atoms with Gasteiger partial charge in [0.1, 0.15) is 5.69 Å². The van der Waals surface area contributed by atoms with Gasteiger partial charge >= 0.3 is 0 Å². The summed E-state index contributed by atoms with van der Waals surface area (Å²) in [5, 5.41) is 22.7. The highest BCUT2D eigenvalue weighted by Crippen LogP contribution is 2.30. The van der Waals surface area contributed by atoms with Crippen molar-refractivity contribution < 1.29 is 4.79 Å². The van der Waals surface area contributed by atoms with Crippen LogP contribution in [0.15, 0.2) is 30.5 Å². The van der Waals surface area contributed by atoms with Crippen molar-refractivity contribution in [3.63, 3.8) is 0 Å². The Morgan fingerprint density at radius 1 is 1.35 bits per heavy atom. The van der Waals surface area contributed by atoms with Crippen LogP contribution in [-0.4, -0.2) is 27.4 Å². The number of anilines is 1. The van der Waals surface area contributed by atoms with Crippen molar-refractivity contribution in [2.24, 2.45) is 0 Å². The second-order valence-electron chi connectivity index (χ2n) is 5.59. The normalized spacial score (nSPS) is 13.9. The predicted molar refractivity (Wildman–Crippen MR) is 84.4 cm³/mol. The zero-order valence-corrected chi connectivity index (χ0v) is 12.7. The van der Waals surface area contributed by atoms with Gasteiger partial charge in [0.2, 0.25) is 5.91 Å². The fraction of sp³-hybridized carbons (Fsp3) is 0.375. The molecule has 1 saturated carbocycles. The van der Waals surface area contributed by atoms with Crippen LogP contribution in [0.2, 0.25) is 0 Å². The molecule has 0 bridgehead atoms. The van der Waals surface area contributed by atoms with Crippen molar-refractivity contribution >= 4 is 11.6 Å². The summed E-state index contributed by atoms with van der Waals surface area (Å²) in [6, 6.07) is 9.49. The largest absolute Gasteiger partial charge is 0.376 e. The van der Waals surface area contributed by atoms with Crippen molar-refractivity contribution in [2.75, 3.05) is 11.9 Å². The Morgan fingerprint density at radius 3 is 2.78 bits per heavy atom. The molecule has 0 saturated heterocycles. The summed E-state index contributed by atoms with van der Waals surface area (Å²) >= 11 is 0. The van der Waals surface area contributed by atoms with Crippen molar-refractivity contribution in [1.82, 2.24) is 20.3 Å². The molecule has 2 N–H and O–H groups in total. The van der Waals surface area contributed by atoms with Gasteiger partial charge in [0.25, 0.3) is 0 Å². The molecule has 7 nitrogen and oxygen atoms in total. The summed E-state index contributed by atoms with van der Waals surface area (Å²) in [6.45, 7) is 0.545. The van der Waals surface area contributed by atoms with Crippen LogP contribution in [-0.2, 0) is 11.3 Å². The molecule has 1 fully saturated rings. The van der Waals surface area contributed by atoms with E-state index in [1.807, 2.05) is 10.9 Å². The van der Waals surface area contributed by atoms with Gasteiger partial charge in [0.15, 0.2) is 0 Å². The minimum Gasteiger partial charge on any atom is -0.376 e. The predicted octanol–water partition coefficient (Wildman–Crippen LogP) is 1.60. The molecular weight excluding hydrogens is 292 g/mol. The average Bonchev–Trinajstić information content (AvgIpc) is 2.98. The molecule has 1 heterocycles. The second kappa shape index (κ2) is 6.92. The molecule has 23 heavy (non-hydrogen) atoms. The molecule has 1 aliphatic carbocycles. The topological polar surface area (TPSA) is 95.6 Å². The number of nitrogens with zero attached hydrogens (tertiary/aromatic N) is 4. The zero-order valence-electron chi connectivity index (χ0n) is 12.7. The van der Waals surface area contributed by atoms with E-state index in [1.165, 1.54) is 6.42 Å². The van der Waals surface area contributed by atoms with Crippen LogP contribution < -0.4 is 10.6 Å². The lowest BCUT2D eigenvalue weighted by Crippen LogP contribution is -2.29. The minimum absolute atomic E-state index is 0.118. The first-order chi connectivity index (χ1) is 11.2. The molecule has 1 amide bonds. The number of hydrogen-bond donors (Lipinski definition) is 2. The number of carbonyl (C=O) groups is 1. The maximum atomic E-state index is 11.8. The van der Waals surface area contributed by atoms with Crippen LogP contribution in [0.5, 0.6) is 0 Å². The molecule has 0 spiro atoms. The summed E-state index contributed by atoms with van der Waals surface area (Å²) in [5.41, 5.74) is 2.16. The Kier molecular flexibility index (Phi) is 4.52. The van der Waals surface area contributed by atoms with Gasteiger partial charge in [-0.05, 0) is 43.5 Å². The first-order valence-corrected chi connectivity index (χ1v) is 7.66. The van der Waals surface area contributed by atoms with E-state index in [0.29, 0.717) is 18.2 Å². The van der Waals surface area contributed by atoms with Gasteiger partial charge in [0, 0.05) is 5.69 Å². The van der Waals surface area contributed by atoms with E-state index in [-0.39, 0.29) is 12.5 Å². The molecule has 1 aliphatic rings. The fourth-order valence-electron chi connectivity index (χ4n) is 2.32. The standard InChI is InChI=1S/C16H18N6O/c17-8-12-4-6-13(7-5-12)18-10-16(23)19-9-14-11-22(21-20-14)15-2-1-3-15/h4-7,11,15,18H,1-3,9-10H2,(H,19,23). The third-order valence-electron chi connectivity index (χ3n) is 3.94. The number of benzene rings is 1. The van der Waals surface area contributed by atoms with Crippen LogP contribution in [0.1, 0.15) is 36.6 Å². The molecule has 0 atom stereocenters. The van der Waals surface area contributed by atoms with Crippen molar-refractivity contribution in [3.8, 4) is 6.07 Å². The number of hydrogen-bond acceptors (Lipinski definition) is 5. The Hall–Kier alpha value is -2.88. The zero-order chi connectivity index (χ0) is 16.1.